The van der Waals surface area contributed by atoms with Gasteiger partial charge in [0, 0.05) is 24.8 Å². The van der Waals surface area contributed by atoms with E-state index in [9.17, 15) is 0 Å². The maximum Gasteiger partial charge on any atom is 0.0372 e. The first kappa shape index (κ1) is 13.0. The average molecular weight is 258 g/mol. The Hall–Kier alpha value is -1.02. The second-order valence-electron chi connectivity index (χ2n) is 6.08. The van der Waals surface area contributed by atoms with Crippen LogP contribution in [0.1, 0.15) is 50.2 Å². The highest BCUT2D eigenvalue weighted by molar-refractivity contribution is 5.54. The third kappa shape index (κ3) is 3.30. The lowest BCUT2D eigenvalue weighted by Crippen LogP contribution is -2.26. The predicted molar refractivity (Wildman–Crippen MR) is 81.6 cm³/mol. The lowest BCUT2D eigenvalue weighted by molar-refractivity contribution is 0.250. The van der Waals surface area contributed by atoms with E-state index in [0.29, 0.717) is 0 Å². The monoisotopic (exact) mass is 258 g/mol. The van der Waals surface area contributed by atoms with Crippen molar-refractivity contribution in [3.05, 3.63) is 29.3 Å². The summed E-state index contributed by atoms with van der Waals surface area (Å²) in [7, 11) is 0. The van der Waals surface area contributed by atoms with Gasteiger partial charge < -0.3 is 5.32 Å². The fourth-order valence-corrected chi connectivity index (χ4v) is 3.05. The number of nitrogens with zero attached hydrogens (tertiary/aromatic N) is 1. The highest BCUT2D eigenvalue weighted by atomic mass is 15.2. The van der Waals surface area contributed by atoms with E-state index < -0.39 is 0 Å². The predicted octanol–water partition coefficient (Wildman–Crippen LogP) is 3.81. The summed E-state index contributed by atoms with van der Waals surface area (Å²) in [6.45, 7) is 5.85. The molecule has 2 heteroatoms. The van der Waals surface area contributed by atoms with Gasteiger partial charge in [-0.1, -0.05) is 25.5 Å². The lowest BCUT2D eigenvalue weighted by atomic mass is 10.0. The quantitative estimate of drug-likeness (QED) is 0.834. The van der Waals surface area contributed by atoms with Crippen molar-refractivity contribution < 1.29 is 0 Å². The summed E-state index contributed by atoms with van der Waals surface area (Å²) in [5.74, 6) is 0. The van der Waals surface area contributed by atoms with Crippen LogP contribution in [0.15, 0.2) is 18.2 Å². The molecular weight excluding hydrogens is 232 g/mol. The molecule has 19 heavy (non-hydrogen) atoms. The van der Waals surface area contributed by atoms with Gasteiger partial charge in [0.15, 0.2) is 0 Å². The average Bonchev–Trinajstić information content (AvgIpc) is 3.28. The maximum atomic E-state index is 3.50. The van der Waals surface area contributed by atoms with Crippen LogP contribution in [0.4, 0.5) is 5.69 Å². The minimum Gasteiger partial charge on any atom is -0.385 e. The van der Waals surface area contributed by atoms with Crippen molar-refractivity contribution in [1.29, 1.82) is 0 Å². The normalized spacial score (nSPS) is 18.2. The highest BCUT2D eigenvalue weighted by Crippen LogP contribution is 2.30. The van der Waals surface area contributed by atoms with Crippen LogP contribution >= 0.6 is 0 Å². The molecule has 1 N–H and O–H groups in total. The second kappa shape index (κ2) is 5.96. The molecule has 1 heterocycles. The van der Waals surface area contributed by atoms with Gasteiger partial charge in [0.2, 0.25) is 0 Å². The van der Waals surface area contributed by atoms with Crippen LogP contribution in [0.3, 0.4) is 0 Å². The van der Waals surface area contributed by atoms with Crippen molar-refractivity contribution >= 4 is 5.69 Å². The molecule has 0 amide bonds. The van der Waals surface area contributed by atoms with E-state index in [0.717, 1.165) is 19.1 Å². The summed E-state index contributed by atoms with van der Waals surface area (Å²) in [5, 5.41) is 3.50. The number of hydrogen-bond donors (Lipinski definition) is 1. The van der Waals surface area contributed by atoms with Crippen LogP contribution in [0, 0.1) is 0 Å². The topological polar surface area (TPSA) is 15.3 Å². The minimum atomic E-state index is 0.876. The molecule has 2 aliphatic rings. The van der Waals surface area contributed by atoms with E-state index in [-0.39, 0.29) is 0 Å². The first-order chi connectivity index (χ1) is 9.36. The Balaban J connectivity index is 1.67. The summed E-state index contributed by atoms with van der Waals surface area (Å²) in [6, 6.07) is 7.91. The minimum absolute atomic E-state index is 0.876. The summed E-state index contributed by atoms with van der Waals surface area (Å²) in [6.07, 6.45) is 7.99. The first-order valence-electron chi connectivity index (χ1n) is 7.96. The van der Waals surface area contributed by atoms with Crippen LogP contribution in [-0.4, -0.2) is 24.0 Å². The zero-order chi connectivity index (χ0) is 13.1. The smallest absolute Gasteiger partial charge is 0.0372 e. The molecule has 0 atom stereocenters. The molecule has 1 aromatic rings. The SMILES string of the molecule is CCCCN(Cc1ccc2c(c1)CCCN2)C1CC1. The van der Waals surface area contributed by atoms with Crippen LogP contribution in [0.2, 0.25) is 0 Å². The molecule has 104 valence electrons. The molecule has 0 radical (unpaired) electrons. The number of anilines is 1. The summed E-state index contributed by atoms with van der Waals surface area (Å²) in [5.41, 5.74) is 4.39. The summed E-state index contributed by atoms with van der Waals surface area (Å²) >= 11 is 0. The molecule has 0 unspecified atom stereocenters. The molecule has 0 bridgehead atoms. The van der Waals surface area contributed by atoms with Gasteiger partial charge in [-0.05, 0) is 55.8 Å². The number of aryl methyl sites for hydroxylation is 1. The van der Waals surface area contributed by atoms with E-state index in [1.54, 1.807) is 0 Å². The van der Waals surface area contributed by atoms with E-state index >= 15 is 0 Å². The number of rotatable bonds is 6. The largest absolute Gasteiger partial charge is 0.385 e. The van der Waals surface area contributed by atoms with E-state index in [1.165, 1.54) is 61.9 Å². The highest BCUT2D eigenvalue weighted by Gasteiger charge is 2.28. The Labute approximate surface area is 117 Å². The van der Waals surface area contributed by atoms with Crippen LogP contribution in [-0.2, 0) is 13.0 Å². The van der Waals surface area contributed by atoms with Crippen LogP contribution in [0.5, 0.6) is 0 Å². The van der Waals surface area contributed by atoms with Crippen molar-refractivity contribution in [3.63, 3.8) is 0 Å². The summed E-state index contributed by atoms with van der Waals surface area (Å²) in [4.78, 5) is 2.70. The molecule has 1 fully saturated rings. The third-order valence-electron chi connectivity index (χ3n) is 4.36. The molecule has 2 nitrogen and oxygen atoms in total. The van der Waals surface area contributed by atoms with E-state index in [4.69, 9.17) is 0 Å². The first-order valence-corrected chi connectivity index (χ1v) is 7.96. The molecule has 1 aliphatic heterocycles. The standard InChI is InChI=1S/C17H26N2/c1-2-3-11-19(16-7-8-16)13-14-6-9-17-15(12-14)5-4-10-18-17/h6,9,12,16,18H,2-5,7-8,10-11,13H2,1H3. The number of nitrogens with one attached hydrogen (secondary N) is 1. The van der Waals surface area contributed by atoms with Gasteiger partial charge in [0.05, 0.1) is 0 Å². The van der Waals surface area contributed by atoms with Crippen LogP contribution in [0.25, 0.3) is 0 Å². The fraction of sp³-hybridized carbons (Fsp3) is 0.647. The van der Waals surface area contributed by atoms with Gasteiger partial charge in [-0.2, -0.15) is 0 Å². The van der Waals surface area contributed by atoms with Crippen LogP contribution < -0.4 is 5.32 Å². The Morgan fingerprint density at radius 2 is 2.21 bits per heavy atom. The molecule has 0 saturated heterocycles. The molecule has 1 saturated carbocycles. The molecule has 1 aromatic carbocycles. The Bertz CT molecular complexity index is 423. The van der Waals surface area contributed by atoms with Gasteiger partial charge in [-0.3, -0.25) is 4.90 Å². The van der Waals surface area contributed by atoms with Gasteiger partial charge in [-0.15, -0.1) is 0 Å². The van der Waals surface area contributed by atoms with Gasteiger partial charge in [0.25, 0.3) is 0 Å². The second-order valence-corrected chi connectivity index (χ2v) is 6.08. The van der Waals surface area contributed by atoms with Gasteiger partial charge in [-0.25, -0.2) is 0 Å². The number of benzene rings is 1. The number of fused-ring (bicyclic) bond motifs is 1. The zero-order valence-corrected chi connectivity index (χ0v) is 12.1. The maximum absolute atomic E-state index is 3.50. The molecule has 3 rings (SSSR count). The Kier molecular flexibility index (Phi) is 4.07. The third-order valence-corrected chi connectivity index (χ3v) is 4.36. The van der Waals surface area contributed by atoms with Gasteiger partial charge in [0.1, 0.15) is 0 Å². The van der Waals surface area contributed by atoms with Crippen molar-refractivity contribution in [2.24, 2.45) is 0 Å². The Morgan fingerprint density at radius 1 is 1.32 bits per heavy atom. The number of hydrogen-bond acceptors (Lipinski definition) is 2. The van der Waals surface area contributed by atoms with E-state index in [2.05, 4.69) is 35.3 Å². The Morgan fingerprint density at radius 3 is 3.00 bits per heavy atom. The molecule has 0 spiro atoms. The van der Waals surface area contributed by atoms with Gasteiger partial charge >= 0.3 is 0 Å². The summed E-state index contributed by atoms with van der Waals surface area (Å²) < 4.78 is 0. The molecular formula is C17H26N2. The zero-order valence-electron chi connectivity index (χ0n) is 12.1. The van der Waals surface area contributed by atoms with Crippen molar-refractivity contribution in [3.8, 4) is 0 Å². The fourth-order valence-electron chi connectivity index (χ4n) is 3.05. The van der Waals surface area contributed by atoms with E-state index in [1.807, 2.05) is 0 Å². The van der Waals surface area contributed by atoms with Crippen molar-refractivity contribution in [2.75, 3.05) is 18.4 Å². The number of unbranched alkanes of at least 4 members (excludes halogenated alkanes) is 1. The van der Waals surface area contributed by atoms with Crippen molar-refractivity contribution in [1.82, 2.24) is 4.90 Å². The lowest BCUT2D eigenvalue weighted by Gasteiger charge is -2.24. The van der Waals surface area contributed by atoms with Crippen molar-refractivity contribution in [2.45, 2.75) is 58.0 Å². The molecule has 1 aliphatic carbocycles. The molecule has 0 aromatic heterocycles.